The summed E-state index contributed by atoms with van der Waals surface area (Å²) in [7, 11) is 0. The summed E-state index contributed by atoms with van der Waals surface area (Å²) >= 11 is 3.17. The van der Waals surface area contributed by atoms with Crippen LogP contribution >= 0.6 is 23.1 Å². The Morgan fingerprint density at radius 3 is 3.04 bits per heavy atom. The number of oxazole rings is 1. The van der Waals surface area contributed by atoms with E-state index in [-0.39, 0.29) is 17.2 Å². The number of thioether (sulfide) groups is 1. The maximum atomic E-state index is 12.7. The molecule has 4 rings (SSSR count). The SMILES string of the molecule is Cc1oc(-c2cccs2)nc1CSC(C)C(=O)NC1CCOc2ccccc21. The third-order valence-corrected chi connectivity index (χ3v) is 6.75. The summed E-state index contributed by atoms with van der Waals surface area (Å²) in [4.78, 5) is 18.3. The monoisotopic (exact) mass is 414 g/mol. The van der Waals surface area contributed by atoms with Crippen molar-refractivity contribution in [2.75, 3.05) is 6.61 Å². The molecular formula is C21H22N2O3S2. The number of nitrogens with zero attached hydrogens (tertiary/aromatic N) is 1. The minimum Gasteiger partial charge on any atom is -0.493 e. The fourth-order valence-corrected chi connectivity index (χ4v) is 4.67. The van der Waals surface area contributed by atoms with Gasteiger partial charge in [-0.2, -0.15) is 0 Å². The first-order chi connectivity index (χ1) is 13.6. The largest absolute Gasteiger partial charge is 0.493 e. The Kier molecular flexibility index (Phi) is 5.73. The zero-order valence-electron chi connectivity index (χ0n) is 15.8. The number of thiophene rings is 1. The van der Waals surface area contributed by atoms with Crippen LogP contribution in [0.2, 0.25) is 0 Å². The van der Waals surface area contributed by atoms with Gasteiger partial charge in [0, 0.05) is 17.7 Å². The van der Waals surface area contributed by atoms with Gasteiger partial charge in [-0.15, -0.1) is 23.1 Å². The number of para-hydroxylation sites is 1. The molecule has 1 aliphatic rings. The van der Waals surface area contributed by atoms with Gasteiger partial charge in [-0.25, -0.2) is 4.98 Å². The highest BCUT2D eigenvalue weighted by Crippen LogP contribution is 2.32. The molecule has 3 heterocycles. The zero-order chi connectivity index (χ0) is 19.5. The Morgan fingerprint density at radius 1 is 1.36 bits per heavy atom. The van der Waals surface area contributed by atoms with Crippen LogP contribution in [0.5, 0.6) is 5.75 Å². The van der Waals surface area contributed by atoms with E-state index in [1.807, 2.05) is 55.6 Å². The number of carbonyl (C=O) groups is 1. The normalized spacial score (nSPS) is 16.9. The highest BCUT2D eigenvalue weighted by molar-refractivity contribution is 7.99. The van der Waals surface area contributed by atoms with E-state index >= 15 is 0 Å². The molecule has 0 saturated carbocycles. The number of carbonyl (C=O) groups excluding carboxylic acids is 1. The number of aromatic nitrogens is 1. The maximum Gasteiger partial charge on any atom is 0.236 e. The first-order valence-electron chi connectivity index (χ1n) is 9.25. The lowest BCUT2D eigenvalue weighted by atomic mass is 10.0. The first kappa shape index (κ1) is 19.1. The molecule has 0 aliphatic carbocycles. The van der Waals surface area contributed by atoms with Gasteiger partial charge < -0.3 is 14.5 Å². The smallest absolute Gasteiger partial charge is 0.236 e. The summed E-state index contributed by atoms with van der Waals surface area (Å²) in [6.07, 6.45) is 0.784. The van der Waals surface area contributed by atoms with Crippen LogP contribution in [-0.2, 0) is 10.5 Å². The molecule has 7 heteroatoms. The fraction of sp³-hybridized carbons (Fsp3) is 0.333. The predicted octanol–water partition coefficient (Wildman–Crippen LogP) is 4.97. The molecule has 1 aromatic carbocycles. The van der Waals surface area contributed by atoms with Crippen molar-refractivity contribution in [2.45, 2.75) is 37.3 Å². The molecule has 1 aliphatic heterocycles. The van der Waals surface area contributed by atoms with Crippen molar-refractivity contribution < 1.29 is 13.9 Å². The second kappa shape index (κ2) is 8.41. The van der Waals surface area contributed by atoms with Crippen LogP contribution in [0.1, 0.15) is 36.4 Å². The van der Waals surface area contributed by atoms with E-state index in [2.05, 4.69) is 10.3 Å². The molecule has 3 aromatic rings. The first-order valence-corrected chi connectivity index (χ1v) is 11.2. The van der Waals surface area contributed by atoms with E-state index in [1.54, 1.807) is 23.1 Å². The minimum atomic E-state index is -0.184. The van der Waals surface area contributed by atoms with E-state index < -0.39 is 0 Å². The topological polar surface area (TPSA) is 64.4 Å². The molecule has 28 heavy (non-hydrogen) atoms. The summed E-state index contributed by atoms with van der Waals surface area (Å²) in [5.74, 6) is 2.99. The number of rotatable bonds is 6. The number of fused-ring (bicyclic) bond motifs is 1. The predicted molar refractivity (Wildman–Crippen MR) is 113 cm³/mol. The summed E-state index contributed by atoms with van der Waals surface area (Å²) in [5, 5.41) is 4.99. The van der Waals surface area contributed by atoms with E-state index in [1.165, 1.54) is 0 Å². The fourth-order valence-electron chi connectivity index (χ4n) is 3.13. The van der Waals surface area contributed by atoms with Crippen LogP contribution in [0, 0.1) is 6.92 Å². The number of ether oxygens (including phenoxy) is 1. The van der Waals surface area contributed by atoms with Crippen molar-refractivity contribution in [3.8, 4) is 16.5 Å². The summed E-state index contributed by atoms with van der Waals surface area (Å²) in [5.41, 5.74) is 1.94. The second-order valence-electron chi connectivity index (χ2n) is 6.69. The summed E-state index contributed by atoms with van der Waals surface area (Å²) < 4.78 is 11.5. The molecule has 0 fully saturated rings. The average Bonchev–Trinajstić information content (AvgIpc) is 3.36. The van der Waals surface area contributed by atoms with Gasteiger partial charge in [-0.1, -0.05) is 24.3 Å². The van der Waals surface area contributed by atoms with Crippen molar-refractivity contribution >= 4 is 29.0 Å². The van der Waals surface area contributed by atoms with Crippen molar-refractivity contribution in [1.29, 1.82) is 0 Å². The van der Waals surface area contributed by atoms with Gasteiger partial charge in [-0.3, -0.25) is 4.79 Å². The lowest BCUT2D eigenvalue weighted by molar-refractivity contribution is -0.121. The third-order valence-electron chi connectivity index (χ3n) is 4.74. The third kappa shape index (κ3) is 4.10. The Labute approximate surface area is 172 Å². The van der Waals surface area contributed by atoms with Crippen LogP contribution in [0.3, 0.4) is 0 Å². The quantitative estimate of drug-likeness (QED) is 0.617. The van der Waals surface area contributed by atoms with Crippen molar-refractivity contribution in [3.63, 3.8) is 0 Å². The highest BCUT2D eigenvalue weighted by Gasteiger charge is 2.25. The molecule has 1 N–H and O–H groups in total. The Hall–Kier alpha value is -2.25. The van der Waals surface area contributed by atoms with Gasteiger partial charge in [-0.05, 0) is 31.4 Å². The van der Waals surface area contributed by atoms with Gasteiger partial charge in [0.25, 0.3) is 0 Å². The lowest BCUT2D eigenvalue weighted by Gasteiger charge is -2.27. The van der Waals surface area contributed by atoms with Gasteiger partial charge in [0.2, 0.25) is 11.8 Å². The van der Waals surface area contributed by atoms with Crippen molar-refractivity contribution in [2.24, 2.45) is 0 Å². The standard InChI is InChI=1S/C21H22N2O3S2/c1-13-17(23-21(26-13)19-8-5-11-27-19)12-28-14(2)20(24)22-16-9-10-25-18-7-4-3-6-15(16)18/h3-8,11,14,16H,9-10,12H2,1-2H3,(H,22,24). The van der Waals surface area contributed by atoms with Crippen LogP contribution < -0.4 is 10.1 Å². The highest BCUT2D eigenvalue weighted by atomic mass is 32.2. The van der Waals surface area contributed by atoms with Crippen molar-refractivity contribution in [1.82, 2.24) is 10.3 Å². The Morgan fingerprint density at radius 2 is 2.21 bits per heavy atom. The molecule has 2 atom stereocenters. The molecule has 0 bridgehead atoms. The van der Waals surface area contributed by atoms with Crippen LogP contribution in [0.4, 0.5) is 0 Å². The number of hydrogen-bond donors (Lipinski definition) is 1. The molecule has 0 radical (unpaired) electrons. The Balaban J connectivity index is 1.36. The molecule has 2 aromatic heterocycles. The molecule has 5 nitrogen and oxygen atoms in total. The number of aryl methyl sites for hydroxylation is 1. The average molecular weight is 415 g/mol. The van der Waals surface area contributed by atoms with E-state index in [0.29, 0.717) is 18.3 Å². The molecule has 1 amide bonds. The van der Waals surface area contributed by atoms with E-state index in [4.69, 9.17) is 9.15 Å². The molecular weight excluding hydrogens is 392 g/mol. The molecule has 2 unspecified atom stereocenters. The van der Waals surface area contributed by atoms with Gasteiger partial charge in [0.1, 0.15) is 11.5 Å². The van der Waals surface area contributed by atoms with Gasteiger partial charge >= 0.3 is 0 Å². The van der Waals surface area contributed by atoms with Crippen LogP contribution in [0.15, 0.2) is 46.2 Å². The van der Waals surface area contributed by atoms with E-state index in [9.17, 15) is 4.79 Å². The summed E-state index contributed by atoms with van der Waals surface area (Å²) in [6, 6.07) is 11.9. The molecule has 146 valence electrons. The van der Waals surface area contributed by atoms with Crippen molar-refractivity contribution in [3.05, 3.63) is 58.8 Å². The maximum absolute atomic E-state index is 12.7. The number of hydrogen-bond acceptors (Lipinski definition) is 6. The van der Waals surface area contributed by atoms with Gasteiger partial charge in [0.05, 0.1) is 28.5 Å². The second-order valence-corrected chi connectivity index (χ2v) is 8.97. The Bertz CT molecular complexity index is 952. The lowest BCUT2D eigenvalue weighted by Crippen LogP contribution is -2.36. The van der Waals surface area contributed by atoms with Crippen LogP contribution in [0.25, 0.3) is 10.8 Å². The number of nitrogens with one attached hydrogen (secondary N) is 1. The minimum absolute atomic E-state index is 0.000261. The van der Waals surface area contributed by atoms with Gasteiger partial charge in [0.15, 0.2) is 0 Å². The molecule has 0 saturated heterocycles. The number of amides is 1. The molecule has 0 spiro atoms. The summed E-state index contributed by atoms with van der Waals surface area (Å²) in [6.45, 7) is 4.47. The van der Waals surface area contributed by atoms with E-state index in [0.717, 1.165) is 34.1 Å². The number of benzene rings is 1. The zero-order valence-corrected chi connectivity index (χ0v) is 17.4. The van der Waals surface area contributed by atoms with Crippen LogP contribution in [-0.4, -0.2) is 22.7 Å².